The monoisotopic (exact) mass is 493 g/mol. The summed E-state index contributed by atoms with van der Waals surface area (Å²) in [6, 6.07) is 17.8. The maximum atomic E-state index is 14.3. The number of carbonyl (C=O) groups is 1. The summed E-state index contributed by atoms with van der Waals surface area (Å²) >= 11 is 0. The van der Waals surface area contributed by atoms with E-state index in [1.165, 1.54) is 6.07 Å². The van der Waals surface area contributed by atoms with Crippen LogP contribution in [0.3, 0.4) is 0 Å². The predicted molar refractivity (Wildman–Crippen MR) is 128 cm³/mol. The Hall–Kier alpha value is -3.32. The fraction of sp³-hybridized carbons (Fsp3) is 0.345. The number of nitrogens with zero attached hydrogens (tertiary/aromatic N) is 1. The van der Waals surface area contributed by atoms with Crippen LogP contribution in [0.25, 0.3) is 11.1 Å². The van der Waals surface area contributed by atoms with E-state index in [0.29, 0.717) is 12.8 Å². The third-order valence-electron chi connectivity index (χ3n) is 8.03. The Morgan fingerprint density at radius 2 is 1.47 bits per heavy atom. The summed E-state index contributed by atoms with van der Waals surface area (Å²) in [5.41, 5.74) is 3.21. The van der Waals surface area contributed by atoms with Crippen molar-refractivity contribution in [1.29, 1.82) is 0 Å². The van der Waals surface area contributed by atoms with Gasteiger partial charge in [0.1, 0.15) is 6.61 Å². The van der Waals surface area contributed by atoms with Gasteiger partial charge in [0.2, 0.25) is 0 Å². The number of fused-ring (bicyclic) bond motifs is 5. The molecule has 3 aliphatic rings. The molecule has 186 valence electrons. The minimum atomic E-state index is -1.53. The molecule has 2 aliphatic heterocycles. The Kier molecular flexibility index (Phi) is 5.56. The molecule has 1 amide bonds. The molecule has 7 heteroatoms. The second-order valence-electron chi connectivity index (χ2n) is 10.2. The third kappa shape index (κ3) is 3.77. The van der Waals surface area contributed by atoms with E-state index in [-0.39, 0.29) is 49.4 Å². The average Bonchev–Trinajstić information content (AvgIpc) is 3.35. The maximum absolute atomic E-state index is 14.3. The van der Waals surface area contributed by atoms with Crippen molar-refractivity contribution < 1.29 is 27.8 Å². The maximum Gasteiger partial charge on any atom is 0.410 e. The van der Waals surface area contributed by atoms with E-state index >= 15 is 0 Å². The number of ether oxygens (including phenoxy) is 1. The smallest absolute Gasteiger partial charge is 0.410 e. The molecule has 6 rings (SSSR count). The molecule has 36 heavy (non-hydrogen) atoms. The fourth-order valence-electron chi connectivity index (χ4n) is 6.49. The van der Waals surface area contributed by atoms with Gasteiger partial charge in [0.05, 0.1) is 5.60 Å². The first kappa shape index (κ1) is 23.1. The van der Waals surface area contributed by atoms with Crippen molar-refractivity contribution in [2.45, 2.75) is 55.7 Å². The van der Waals surface area contributed by atoms with Crippen molar-refractivity contribution in [3.63, 3.8) is 0 Å². The molecule has 2 unspecified atom stereocenters. The number of benzene rings is 3. The molecule has 2 fully saturated rings. The van der Waals surface area contributed by atoms with Crippen molar-refractivity contribution in [3.05, 3.63) is 94.8 Å². The first-order valence-corrected chi connectivity index (χ1v) is 12.3. The molecular weight excluding hydrogens is 467 g/mol. The summed E-state index contributed by atoms with van der Waals surface area (Å²) in [5.74, 6) is -4.10. The zero-order chi connectivity index (χ0) is 25.0. The van der Waals surface area contributed by atoms with Crippen molar-refractivity contribution >= 4 is 6.09 Å². The van der Waals surface area contributed by atoms with Crippen LogP contribution in [0.5, 0.6) is 0 Å². The van der Waals surface area contributed by atoms with Gasteiger partial charge in [-0.1, -0.05) is 54.6 Å². The van der Waals surface area contributed by atoms with E-state index in [2.05, 4.69) is 24.3 Å². The first-order valence-electron chi connectivity index (χ1n) is 12.3. The van der Waals surface area contributed by atoms with E-state index in [4.69, 9.17) is 4.74 Å². The zero-order valence-corrected chi connectivity index (χ0v) is 19.6. The molecule has 0 saturated carbocycles. The molecular formula is C29H26F3NO3. The SMILES string of the molecule is O=C(OCC1c2ccccc2-c2ccccc21)N1C2CCC1CC(O)(Cc1ccc(F)c(F)c1F)C2. The summed E-state index contributed by atoms with van der Waals surface area (Å²) in [6.45, 7) is 0.215. The number of piperidine rings is 1. The molecule has 2 atom stereocenters. The van der Waals surface area contributed by atoms with Gasteiger partial charge in [-0.05, 0) is 59.6 Å². The third-order valence-corrected chi connectivity index (χ3v) is 8.03. The molecule has 2 saturated heterocycles. The van der Waals surface area contributed by atoms with Gasteiger partial charge in [-0.3, -0.25) is 0 Å². The van der Waals surface area contributed by atoms with E-state index in [9.17, 15) is 23.1 Å². The van der Waals surface area contributed by atoms with Crippen LogP contribution in [-0.2, 0) is 11.2 Å². The normalized spacial score (nSPS) is 24.5. The fourth-order valence-corrected chi connectivity index (χ4v) is 6.49. The highest BCUT2D eigenvalue weighted by Gasteiger charge is 2.50. The van der Waals surface area contributed by atoms with Crippen LogP contribution in [0.15, 0.2) is 60.7 Å². The van der Waals surface area contributed by atoms with Crippen LogP contribution in [0.4, 0.5) is 18.0 Å². The highest BCUT2D eigenvalue weighted by molar-refractivity contribution is 5.79. The number of carbonyl (C=O) groups excluding carboxylic acids is 1. The zero-order valence-electron chi connectivity index (χ0n) is 19.6. The minimum Gasteiger partial charge on any atom is -0.448 e. The number of aliphatic hydroxyl groups is 1. The lowest BCUT2D eigenvalue weighted by atomic mass is 9.81. The number of rotatable bonds is 4. The second-order valence-corrected chi connectivity index (χ2v) is 10.2. The summed E-state index contributed by atoms with van der Waals surface area (Å²) in [4.78, 5) is 14.9. The van der Waals surface area contributed by atoms with Crippen molar-refractivity contribution in [3.8, 4) is 11.1 Å². The molecule has 0 spiro atoms. The molecule has 1 aliphatic carbocycles. The Bertz CT molecular complexity index is 1280. The largest absolute Gasteiger partial charge is 0.448 e. The number of hydrogen-bond donors (Lipinski definition) is 1. The predicted octanol–water partition coefficient (Wildman–Crippen LogP) is 5.95. The first-order chi connectivity index (χ1) is 17.3. The van der Waals surface area contributed by atoms with Gasteiger partial charge in [0.15, 0.2) is 17.5 Å². The summed E-state index contributed by atoms with van der Waals surface area (Å²) < 4.78 is 47.1. The van der Waals surface area contributed by atoms with Gasteiger partial charge in [0, 0.05) is 24.4 Å². The molecule has 2 bridgehead atoms. The van der Waals surface area contributed by atoms with Crippen LogP contribution in [0.2, 0.25) is 0 Å². The van der Waals surface area contributed by atoms with Crippen molar-refractivity contribution in [2.75, 3.05) is 6.61 Å². The van der Waals surface area contributed by atoms with Gasteiger partial charge in [-0.15, -0.1) is 0 Å². The minimum absolute atomic E-state index is 0.0444. The average molecular weight is 494 g/mol. The summed E-state index contributed by atoms with van der Waals surface area (Å²) in [6.07, 6.45) is 1.32. The standard InChI is InChI=1S/C29H26F3NO3/c30-25-12-9-17(26(31)27(25)32)13-29(35)14-18-10-11-19(15-29)33(18)28(34)36-16-24-22-7-3-1-5-20(22)21-6-2-4-8-23(21)24/h1-9,12,18-19,24,35H,10-11,13-16H2. The highest BCUT2D eigenvalue weighted by atomic mass is 19.2. The van der Waals surface area contributed by atoms with E-state index in [1.807, 2.05) is 24.3 Å². The molecule has 4 nitrogen and oxygen atoms in total. The van der Waals surface area contributed by atoms with Crippen molar-refractivity contribution in [2.24, 2.45) is 0 Å². The van der Waals surface area contributed by atoms with E-state index < -0.39 is 29.1 Å². The Labute approximate surface area is 207 Å². The van der Waals surface area contributed by atoms with Crippen LogP contribution in [0.1, 0.15) is 48.3 Å². The molecule has 1 N–H and O–H groups in total. The molecule has 0 aromatic heterocycles. The van der Waals surface area contributed by atoms with Crippen LogP contribution < -0.4 is 0 Å². The van der Waals surface area contributed by atoms with Gasteiger partial charge in [0.25, 0.3) is 0 Å². The second kappa shape index (κ2) is 8.66. The number of amides is 1. The number of hydrogen-bond acceptors (Lipinski definition) is 3. The molecule has 2 heterocycles. The Balaban J connectivity index is 1.15. The molecule has 3 aromatic rings. The van der Waals surface area contributed by atoms with Gasteiger partial charge in [-0.25, -0.2) is 18.0 Å². The molecule has 3 aromatic carbocycles. The van der Waals surface area contributed by atoms with E-state index in [1.54, 1.807) is 4.90 Å². The van der Waals surface area contributed by atoms with E-state index in [0.717, 1.165) is 28.3 Å². The van der Waals surface area contributed by atoms with Crippen LogP contribution in [0, 0.1) is 17.5 Å². The Morgan fingerprint density at radius 1 is 0.889 bits per heavy atom. The van der Waals surface area contributed by atoms with Gasteiger partial charge < -0.3 is 14.7 Å². The topological polar surface area (TPSA) is 49.8 Å². The van der Waals surface area contributed by atoms with Crippen LogP contribution in [-0.4, -0.2) is 40.4 Å². The lowest BCUT2D eigenvalue weighted by molar-refractivity contribution is -0.0484. The van der Waals surface area contributed by atoms with Crippen LogP contribution >= 0.6 is 0 Å². The quantitative estimate of drug-likeness (QED) is 0.457. The Morgan fingerprint density at radius 3 is 2.08 bits per heavy atom. The number of halogens is 3. The lowest BCUT2D eigenvalue weighted by Crippen LogP contribution is -2.54. The van der Waals surface area contributed by atoms with Gasteiger partial charge >= 0.3 is 6.09 Å². The van der Waals surface area contributed by atoms with Gasteiger partial charge in [-0.2, -0.15) is 0 Å². The highest BCUT2D eigenvalue weighted by Crippen LogP contribution is 2.46. The lowest BCUT2D eigenvalue weighted by Gasteiger charge is -2.43. The summed E-state index contributed by atoms with van der Waals surface area (Å²) in [5, 5.41) is 11.2. The summed E-state index contributed by atoms with van der Waals surface area (Å²) in [7, 11) is 0. The van der Waals surface area contributed by atoms with Crippen molar-refractivity contribution in [1.82, 2.24) is 4.90 Å². The molecule has 0 radical (unpaired) electrons.